The van der Waals surface area contributed by atoms with E-state index in [1.54, 1.807) is 0 Å². The van der Waals surface area contributed by atoms with Crippen LogP contribution in [0.15, 0.2) is 6.33 Å². The van der Waals surface area contributed by atoms with Gasteiger partial charge in [-0.1, -0.05) is 0 Å². The summed E-state index contributed by atoms with van der Waals surface area (Å²) in [6, 6.07) is 0. The van der Waals surface area contributed by atoms with Crippen LogP contribution in [0.2, 0.25) is 0 Å². The Bertz CT molecular complexity index is 360. The highest BCUT2D eigenvalue weighted by Crippen LogP contribution is 2.43. The van der Waals surface area contributed by atoms with Gasteiger partial charge in [0.2, 0.25) is 0 Å². The molecular weight excluding hydrogens is 172 g/mol. The average Bonchev–Trinajstić information content (AvgIpc) is 2.87. The SMILES string of the molecule is O=C(O)c1ncnc(C2CC2)c1O. The summed E-state index contributed by atoms with van der Waals surface area (Å²) in [7, 11) is 0. The molecule has 1 aliphatic rings. The molecule has 0 aromatic carbocycles. The van der Waals surface area contributed by atoms with Crippen molar-refractivity contribution in [1.82, 2.24) is 9.97 Å². The monoisotopic (exact) mass is 180 g/mol. The molecule has 0 radical (unpaired) electrons. The van der Waals surface area contributed by atoms with Gasteiger partial charge in [0.15, 0.2) is 11.4 Å². The van der Waals surface area contributed by atoms with Crippen LogP contribution in [0, 0.1) is 0 Å². The number of aromatic nitrogens is 2. The first kappa shape index (κ1) is 7.97. The minimum atomic E-state index is -1.22. The standard InChI is InChI=1S/C8H8N2O3/c11-7-5(4-1-2-4)9-3-10-6(7)8(12)13/h3-4,11H,1-2H2,(H,12,13). The van der Waals surface area contributed by atoms with E-state index in [1.165, 1.54) is 6.33 Å². The third kappa shape index (κ3) is 1.32. The van der Waals surface area contributed by atoms with Gasteiger partial charge < -0.3 is 10.2 Å². The van der Waals surface area contributed by atoms with Crippen LogP contribution in [0.1, 0.15) is 34.9 Å². The van der Waals surface area contributed by atoms with E-state index in [0.29, 0.717) is 5.69 Å². The first-order valence-corrected chi connectivity index (χ1v) is 3.97. The van der Waals surface area contributed by atoms with Gasteiger partial charge in [0.25, 0.3) is 0 Å². The summed E-state index contributed by atoms with van der Waals surface area (Å²) in [5.74, 6) is -1.28. The van der Waals surface area contributed by atoms with Gasteiger partial charge in [0.05, 0.1) is 5.69 Å². The minimum Gasteiger partial charge on any atom is -0.504 e. The highest BCUT2D eigenvalue weighted by Gasteiger charge is 2.30. The van der Waals surface area contributed by atoms with Crippen LogP contribution < -0.4 is 0 Å². The van der Waals surface area contributed by atoms with Gasteiger partial charge in [-0.3, -0.25) is 0 Å². The van der Waals surface area contributed by atoms with Gasteiger partial charge in [-0.2, -0.15) is 0 Å². The average molecular weight is 180 g/mol. The zero-order valence-electron chi connectivity index (χ0n) is 6.77. The summed E-state index contributed by atoms with van der Waals surface area (Å²) < 4.78 is 0. The Morgan fingerprint density at radius 1 is 1.46 bits per heavy atom. The van der Waals surface area contributed by atoms with Crippen molar-refractivity contribution < 1.29 is 15.0 Å². The van der Waals surface area contributed by atoms with Crippen molar-refractivity contribution in [1.29, 1.82) is 0 Å². The van der Waals surface area contributed by atoms with Gasteiger partial charge in [-0.15, -0.1) is 0 Å². The summed E-state index contributed by atoms with van der Waals surface area (Å²) in [5.41, 5.74) is 0.157. The molecule has 68 valence electrons. The summed E-state index contributed by atoms with van der Waals surface area (Å²) in [6.07, 6.45) is 3.10. The predicted molar refractivity (Wildman–Crippen MR) is 42.6 cm³/mol. The van der Waals surface area contributed by atoms with Crippen molar-refractivity contribution in [3.05, 3.63) is 17.7 Å². The second-order valence-electron chi connectivity index (χ2n) is 3.04. The van der Waals surface area contributed by atoms with Gasteiger partial charge in [-0.25, -0.2) is 14.8 Å². The number of nitrogens with zero attached hydrogens (tertiary/aromatic N) is 2. The summed E-state index contributed by atoms with van der Waals surface area (Å²) in [5, 5.41) is 18.1. The molecule has 5 nitrogen and oxygen atoms in total. The number of rotatable bonds is 2. The van der Waals surface area contributed by atoms with Crippen LogP contribution in [-0.2, 0) is 0 Å². The first-order chi connectivity index (χ1) is 6.20. The molecule has 0 atom stereocenters. The molecule has 1 aromatic rings. The minimum absolute atomic E-state index is 0.223. The molecule has 2 N–H and O–H groups in total. The largest absolute Gasteiger partial charge is 0.504 e. The highest BCUT2D eigenvalue weighted by atomic mass is 16.4. The van der Waals surface area contributed by atoms with Crippen LogP contribution in [0.4, 0.5) is 0 Å². The summed E-state index contributed by atoms with van der Waals surface area (Å²) in [4.78, 5) is 17.9. The van der Waals surface area contributed by atoms with E-state index in [-0.39, 0.29) is 17.4 Å². The van der Waals surface area contributed by atoms with E-state index in [0.717, 1.165) is 12.8 Å². The molecule has 0 bridgehead atoms. The lowest BCUT2D eigenvalue weighted by Gasteiger charge is -2.02. The Labute approximate surface area is 74.1 Å². The van der Waals surface area contributed by atoms with Gasteiger partial charge in [-0.05, 0) is 12.8 Å². The van der Waals surface area contributed by atoms with Crippen LogP contribution in [-0.4, -0.2) is 26.2 Å². The lowest BCUT2D eigenvalue weighted by Crippen LogP contribution is -2.03. The number of hydrogen-bond donors (Lipinski definition) is 2. The molecule has 13 heavy (non-hydrogen) atoms. The number of carboxylic acid groups (broad SMARTS) is 1. The fourth-order valence-electron chi connectivity index (χ4n) is 1.20. The van der Waals surface area contributed by atoms with Crippen molar-refractivity contribution >= 4 is 5.97 Å². The van der Waals surface area contributed by atoms with Gasteiger partial charge in [0, 0.05) is 5.92 Å². The molecule has 1 aliphatic carbocycles. The molecule has 0 aliphatic heterocycles. The number of hydrogen-bond acceptors (Lipinski definition) is 4. The molecule has 1 saturated carbocycles. The number of aromatic hydroxyl groups is 1. The third-order valence-corrected chi connectivity index (χ3v) is 2.02. The molecule has 1 fully saturated rings. The topological polar surface area (TPSA) is 83.3 Å². The third-order valence-electron chi connectivity index (χ3n) is 2.02. The Balaban J connectivity index is 2.47. The Morgan fingerprint density at radius 3 is 2.69 bits per heavy atom. The van der Waals surface area contributed by atoms with Crippen LogP contribution in [0.25, 0.3) is 0 Å². The molecule has 1 aromatic heterocycles. The lowest BCUT2D eigenvalue weighted by atomic mass is 10.2. The van der Waals surface area contributed by atoms with Gasteiger partial charge >= 0.3 is 5.97 Å². The van der Waals surface area contributed by atoms with Crippen molar-refractivity contribution in [2.45, 2.75) is 18.8 Å². The number of carbonyl (C=O) groups is 1. The normalized spacial score (nSPS) is 15.7. The van der Waals surface area contributed by atoms with E-state index in [4.69, 9.17) is 5.11 Å². The predicted octanol–water partition coefficient (Wildman–Crippen LogP) is 0.758. The van der Waals surface area contributed by atoms with E-state index in [9.17, 15) is 9.90 Å². The molecule has 5 heteroatoms. The van der Waals surface area contributed by atoms with Crippen molar-refractivity contribution in [3.8, 4) is 5.75 Å². The van der Waals surface area contributed by atoms with Crippen molar-refractivity contribution in [2.75, 3.05) is 0 Å². The van der Waals surface area contributed by atoms with Crippen LogP contribution >= 0.6 is 0 Å². The lowest BCUT2D eigenvalue weighted by molar-refractivity contribution is 0.0686. The zero-order chi connectivity index (χ0) is 9.42. The molecule has 1 heterocycles. The fourth-order valence-corrected chi connectivity index (χ4v) is 1.20. The maximum Gasteiger partial charge on any atom is 0.358 e. The highest BCUT2D eigenvalue weighted by molar-refractivity contribution is 5.88. The van der Waals surface area contributed by atoms with Gasteiger partial charge in [0.1, 0.15) is 6.33 Å². The molecule has 2 rings (SSSR count). The zero-order valence-corrected chi connectivity index (χ0v) is 6.77. The Kier molecular flexibility index (Phi) is 1.65. The maximum atomic E-state index is 10.6. The van der Waals surface area contributed by atoms with Crippen LogP contribution in [0.5, 0.6) is 5.75 Å². The number of aromatic carboxylic acids is 1. The molecule has 0 amide bonds. The van der Waals surface area contributed by atoms with Crippen molar-refractivity contribution in [3.63, 3.8) is 0 Å². The van der Waals surface area contributed by atoms with E-state index < -0.39 is 5.97 Å². The second-order valence-corrected chi connectivity index (χ2v) is 3.04. The van der Waals surface area contributed by atoms with E-state index in [1.807, 2.05) is 0 Å². The van der Waals surface area contributed by atoms with E-state index >= 15 is 0 Å². The molecule has 0 spiro atoms. The first-order valence-electron chi connectivity index (χ1n) is 3.97. The molecular formula is C8H8N2O3. The molecule has 0 unspecified atom stereocenters. The molecule has 0 saturated heterocycles. The van der Waals surface area contributed by atoms with Crippen LogP contribution in [0.3, 0.4) is 0 Å². The summed E-state index contributed by atoms with van der Waals surface area (Å²) >= 11 is 0. The maximum absolute atomic E-state index is 10.6. The second kappa shape index (κ2) is 2.69. The quantitative estimate of drug-likeness (QED) is 0.701. The van der Waals surface area contributed by atoms with E-state index in [2.05, 4.69) is 9.97 Å². The Morgan fingerprint density at radius 2 is 2.15 bits per heavy atom. The van der Waals surface area contributed by atoms with Crippen molar-refractivity contribution in [2.24, 2.45) is 0 Å². The smallest absolute Gasteiger partial charge is 0.358 e. The number of carboxylic acids is 1. The summed E-state index contributed by atoms with van der Waals surface area (Å²) in [6.45, 7) is 0. The fraction of sp³-hybridized carbons (Fsp3) is 0.375. The Hall–Kier alpha value is -1.65.